The first kappa shape index (κ1) is 15.7. The van der Waals surface area contributed by atoms with E-state index in [2.05, 4.69) is 11.0 Å². The molecule has 0 amide bonds. The van der Waals surface area contributed by atoms with Crippen molar-refractivity contribution in [1.82, 2.24) is 4.90 Å². The van der Waals surface area contributed by atoms with Crippen molar-refractivity contribution in [2.45, 2.75) is 19.0 Å². The number of benzene rings is 1. The molecule has 0 spiro atoms. The summed E-state index contributed by atoms with van der Waals surface area (Å²) in [5.41, 5.74) is 1.55. The number of nitrogens with zero attached hydrogens (tertiary/aromatic N) is 2. The number of nitriles is 1. The number of thioether (sulfide) groups is 1. The topological polar surface area (TPSA) is 73.6 Å². The number of hydrogen-bond donors (Lipinski definition) is 1. The molecule has 5 nitrogen and oxygen atoms in total. The van der Waals surface area contributed by atoms with E-state index in [1.807, 2.05) is 12.1 Å². The Labute approximate surface area is 128 Å². The van der Waals surface area contributed by atoms with Crippen molar-refractivity contribution in [3.63, 3.8) is 0 Å². The maximum atomic E-state index is 11.0. The van der Waals surface area contributed by atoms with Gasteiger partial charge in [0.15, 0.2) is 0 Å². The molecule has 0 aliphatic carbocycles. The molecule has 1 unspecified atom stereocenters. The highest BCUT2D eigenvalue weighted by molar-refractivity contribution is 7.99. The number of carbonyl (C=O) groups is 1. The Morgan fingerprint density at radius 1 is 1.62 bits per heavy atom. The van der Waals surface area contributed by atoms with Gasteiger partial charge in [0.2, 0.25) is 0 Å². The van der Waals surface area contributed by atoms with Crippen LogP contribution in [0.25, 0.3) is 0 Å². The minimum Gasteiger partial charge on any atom is -0.495 e. The van der Waals surface area contributed by atoms with Crippen LogP contribution in [0.3, 0.4) is 0 Å². The third-order valence-corrected chi connectivity index (χ3v) is 4.62. The van der Waals surface area contributed by atoms with Gasteiger partial charge in [0.1, 0.15) is 11.8 Å². The zero-order valence-electron chi connectivity index (χ0n) is 11.9. The fourth-order valence-corrected chi connectivity index (χ4v) is 3.58. The van der Waals surface area contributed by atoms with Crippen LogP contribution in [-0.2, 0) is 11.3 Å². The molecule has 2 rings (SSSR count). The van der Waals surface area contributed by atoms with Crippen molar-refractivity contribution in [1.29, 1.82) is 5.26 Å². The van der Waals surface area contributed by atoms with Gasteiger partial charge in [-0.25, -0.2) is 0 Å². The Bertz CT molecular complexity index is 556. The van der Waals surface area contributed by atoms with Gasteiger partial charge in [0, 0.05) is 30.6 Å². The predicted octanol–water partition coefficient (Wildman–Crippen LogP) is 1.96. The molecule has 1 aromatic rings. The van der Waals surface area contributed by atoms with Crippen LogP contribution < -0.4 is 4.74 Å². The van der Waals surface area contributed by atoms with Crippen LogP contribution in [0.5, 0.6) is 5.75 Å². The van der Waals surface area contributed by atoms with E-state index in [0.717, 1.165) is 23.6 Å². The minimum atomic E-state index is -0.759. The van der Waals surface area contributed by atoms with Crippen LogP contribution in [0.15, 0.2) is 18.2 Å². The summed E-state index contributed by atoms with van der Waals surface area (Å²) in [6, 6.07) is 7.66. The minimum absolute atomic E-state index is 0.0582. The van der Waals surface area contributed by atoms with E-state index in [1.165, 1.54) is 0 Å². The van der Waals surface area contributed by atoms with Crippen molar-refractivity contribution < 1.29 is 14.6 Å². The molecule has 1 heterocycles. The molecule has 1 atom stereocenters. The van der Waals surface area contributed by atoms with Gasteiger partial charge in [-0.05, 0) is 17.7 Å². The smallest absolute Gasteiger partial charge is 0.304 e. The Morgan fingerprint density at radius 2 is 2.43 bits per heavy atom. The highest BCUT2D eigenvalue weighted by atomic mass is 32.2. The van der Waals surface area contributed by atoms with Crippen LogP contribution >= 0.6 is 11.8 Å². The van der Waals surface area contributed by atoms with Gasteiger partial charge in [0.05, 0.1) is 19.1 Å². The highest BCUT2D eigenvalue weighted by Gasteiger charge is 2.25. The van der Waals surface area contributed by atoms with E-state index in [-0.39, 0.29) is 12.5 Å². The van der Waals surface area contributed by atoms with Gasteiger partial charge in [0.25, 0.3) is 0 Å². The van der Waals surface area contributed by atoms with Crippen molar-refractivity contribution >= 4 is 17.7 Å². The summed E-state index contributed by atoms with van der Waals surface area (Å²) in [7, 11) is 1.55. The molecule has 1 aliphatic rings. The fraction of sp³-hybridized carbons (Fsp3) is 0.467. The molecule has 0 saturated carbocycles. The Kier molecular flexibility index (Phi) is 5.48. The number of hydrogen-bond acceptors (Lipinski definition) is 5. The zero-order valence-corrected chi connectivity index (χ0v) is 12.7. The molecule has 0 bridgehead atoms. The fourth-order valence-electron chi connectivity index (χ4n) is 2.45. The van der Waals surface area contributed by atoms with Crippen molar-refractivity contribution in [3.8, 4) is 11.8 Å². The number of ether oxygens (including phenoxy) is 1. The van der Waals surface area contributed by atoms with Crippen LogP contribution in [0.4, 0.5) is 0 Å². The van der Waals surface area contributed by atoms with Crippen LogP contribution in [0.1, 0.15) is 17.5 Å². The average Bonchev–Trinajstić information content (AvgIpc) is 2.48. The summed E-state index contributed by atoms with van der Waals surface area (Å²) in [4.78, 5) is 13.2. The molecule has 112 valence electrons. The molecular formula is C15H18N2O3S. The lowest BCUT2D eigenvalue weighted by Crippen LogP contribution is -2.42. The average molecular weight is 306 g/mol. The van der Waals surface area contributed by atoms with Crippen LogP contribution in [-0.4, -0.2) is 47.2 Å². The Hall–Kier alpha value is -1.71. The number of aliphatic carboxylic acids is 1. The van der Waals surface area contributed by atoms with Crippen molar-refractivity contribution in [2.75, 3.05) is 25.2 Å². The molecule has 1 N–H and O–H groups in total. The Morgan fingerprint density at radius 3 is 3.10 bits per heavy atom. The number of methoxy groups -OCH3 is 1. The Balaban J connectivity index is 2.12. The lowest BCUT2D eigenvalue weighted by molar-refractivity contribution is -0.138. The van der Waals surface area contributed by atoms with Gasteiger partial charge in [-0.3, -0.25) is 9.69 Å². The highest BCUT2D eigenvalue weighted by Crippen LogP contribution is 2.24. The summed E-state index contributed by atoms with van der Waals surface area (Å²) in [5, 5.41) is 18.0. The van der Waals surface area contributed by atoms with Gasteiger partial charge in [-0.15, -0.1) is 0 Å². The van der Waals surface area contributed by atoms with Gasteiger partial charge >= 0.3 is 5.97 Å². The molecule has 1 aliphatic heterocycles. The monoisotopic (exact) mass is 306 g/mol. The summed E-state index contributed by atoms with van der Waals surface area (Å²) in [6.45, 7) is 1.56. The number of carboxylic acid groups (broad SMARTS) is 1. The zero-order chi connectivity index (χ0) is 15.2. The standard InChI is InChI=1S/C15H18N2O3S/c1-20-14-6-11(2-3-12(14)8-16)9-17-4-5-21-10-13(17)7-15(18)19/h2-3,6,13H,4-5,7,9-10H2,1H3,(H,18,19). The van der Waals surface area contributed by atoms with Gasteiger partial charge in [-0.1, -0.05) is 6.07 Å². The lowest BCUT2D eigenvalue weighted by atomic mass is 10.1. The van der Waals surface area contributed by atoms with E-state index < -0.39 is 5.97 Å². The van der Waals surface area contributed by atoms with Crippen LogP contribution in [0.2, 0.25) is 0 Å². The van der Waals surface area contributed by atoms with Gasteiger partial charge < -0.3 is 9.84 Å². The molecule has 1 saturated heterocycles. The maximum Gasteiger partial charge on any atom is 0.304 e. The summed E-state index contributed by atoms with van der Waals surface area (Å²) in [5.74, 6) is 1.67. The normalized spacial score (nSPS) is 19.0. The first-order valence-electron chi connectivity index (χ1n) is 6.74. The SMILES string of the molecule is COc1cc(CN2CCSCC2CC(=O)O)ccc1C#N. The molecule has 0 aromatic heterocycles. The first-order valence-corrected chi connectivity index (χ1v) is 7.90. The second-order valence-electron chi connectivity index (χ2n) is 4.94. The quantitative estimate of drug-likeness (QED) is 0.896. The molecule has 1 fully saturated rings. The molecule has 6 heteroatoms. The van der Waals surface area contributed by atoms with E-state index in [1.54, 1.807) is 24.9 Å². The number of rotatable bonds is 5. The van der Waals surface area contributed by atoms with Crippen molar-refractivity contribution in [3.05, 3.63) is 29.3 Å². The second kappa shape index (κ2) is 7.34. The lowest BCUT2D eigenvalue weighted by Gasteiger charge is -2.34. The summed E-state index contributed by atoms with van der Waals surface area (Å²) < 4.78 is 5.22. The maximum absolute atomic E-state index is 11.0. The molecule has 1 aromatic carbocycles. The van der Waals surface area contributed by atoms with Gasteiger partial charge in [-0.2, -0.15) is 17.0 Å². The summed E-state index contributed by atoms with van der Waals surface area (Å²) in [6.07, 6.45) is 0.167. The van der Waals surface area contributed by atoms with E-state index in [9.17, 15) is 4.79 Å². The molecule has 0 radical (unpaired) electrons. The summed E-state index contributed by atoms with van der Waals surface area (Å²) >= 11 is 1.80. The second-order valence-corrected chi connectivity index (χ2v) is 6.09. The first-order chi connectivity index (χ1) is 10.1. The van der Waals surface area contributed by atoms with E-state index in [4.69, 9.17) is 15.1 Å². The van der Waals surface area contributed by atoms with Crippen LogP contribution in [0, 0.1) is 11.3 Å². The number of carboxylic acids is 1. The molecule has 21 heavy (non-hydrogen) atoms. The third-order valence-electron chi connectivity index (χ3n) is 3.53. The third kappa shape index (κ3) is 4.13. The molecular weight excluding hydrogens is 288 g/mol. The van der Waals surface area contributed by atoms with E-state index in [0.29, 0.717) is 17.9 Å². The largest absolute Gasteiger partial charge is 0.495 e. The predicted molar refractivity (Wildman–Crippen MR) is 81.5 cm³/mol. The van der Waals surface area contributed by atoms with E-state index >= 15 is 0 Å². The van der Waals surface area contributed by atoms with Crippen molar-refractivity contribution in [2.24, 2.45) is 0 Å².